The normalized spacial score (nSPS) is 29.3. The zero-order valence-electron chi connectivity index (χ0n) is 11.7. The Labute approximate surface area is 115 Å². The van der Waals surface area contributed by atoms with Gasteiger partial charge in [0.15, 0.2) is 0 Å². The maximum Gasteiger partial charge on any atom is 0.0741 e. The standard InChI is InChI=1S/C14H27NO2S/c1-3-12(11-18-2)15-13-4-7-17-14(10-13)5-8-16-9-6-14/h12-13,15H,3-11H2,1-2H3. The van der Waals surface area contributed by atoms with Gasteiger partial charge < -0.3 is 14.8 Å². The molecule has 2 aliphatic rings. The first-order chi connectivity index (χ1) is 8.78. The number of rotatable bonds is 5. The van der Waals surface area contributed by atoms with Crippen LogP contribution in [0, 0.1) is 0 Å². The molecule has 2 aliphatic heterocycles. The van der Waals surface area contributed by atoms with Crippen molar-refractivity contribution in [3.8, 4) is 0 Å². The first-order valence-corrected chi connectivity index (χ1v) is 8.64. The minimum atomic E-state index is 0.117. The highest BCUT2D eigenvalue weighted by Crippen LogP contribution is 2.34. The molecule has 2 saturated heterocycles. The van der Waals surface area contributed by atoms with Crippen LogP contribution in [-0.4, -0.2) is 49.5 Å². The van der Waals surface area contributed by atoms with Gasteiger partial charge in [-0.1, -0.05) is 6.92 Å². The summed E-state index contributed by atoms with van der Waals surface area (Å²) in [5.41, 5.74) is 0.117. The molecule has 0 bridgehead atoms. The van der Waals surface area contributed by atoms with Crippen LogP contribution in [-0.2, 0) is 9.47 Å². The summed E-state index contributed by atoms with van der Waals surface area (Å²) in [6, 6.07) is 1.29. The summed E-state index contributed by atoms with van der Waals surface area (Å²) in [4.78, 5) is 0. The topological polar surface area (TPSA) is 30.5 Å². The lowest BCUT2D eigenvalue weighted by molar-refractivity contribution is -0.140. The molecule has 2 fully saturated rings. The summed E-state index contributed by atoms with van der Waals surface area (Å²) in [5.74, 6) is 1.21. The number of nitrogens with one attached hydrogen (secondary N) is 1. The van der Waals surface area contributed by atoms with E-state index < -0.39 is 0 Å². The molecule has 0 aromatic carbocycles. The van der Waals surface area contributed by atoms with E-state index in [0.717, 1.165) is 39.1 Å². The molecule has 1 N–H and O–H groups in total. The van der Waals surface area contributed by atoms with Crippen LogP contribution in [0.3, 0.4) is 0 Å². The molecule has 0 saturated carbocycles. The van der Waals surface area contributed by atoms with E-state index in [1.165, 1.54) is 18.6 Å². The molecule has 106 valence electrons. The van der Waals surface area contributed by atoms with Gasteiger partial charge in [-0.05, 0) is 38.4 Å². The number of thioether (sulfide) groups is 1. The Morgan fingerprint density at radius 1 is 1.33 bits per heavy atom. The van der Waals surface area contributed by atoms with Crippen LogP contribution in [0.15, 0.2) is 0 Å². The van der Waals surface area contributed by atoms with E-state index in [2.05, 4.69) is 18.5 Å². The van der Waals surface area contributed by atoms with Crippen molar-refractivity contribution in [1.29, 1.82) is 0 Å². The van der Waals surface area contributed by atoms with Crippen LogP contribution in [0.25, 0.3) is 0 Å². The first-order valence-electron chi connectivity index (χ1n) is 7.25. The second-order valence-electron chi connectivity index (χ2n) is 5.56. The van der Waals surface area contributed by atoms with Crippen molar-refractivity contribution in [2.24, 2.45) is 0 Å². The Balaban J connectivity index is 1.85. The predicted octanol–water partition coefficient (Wildman–Crippen LogP) is 2.45. The van der Waals surface area contributed by atoms with Crippen molar-refractivity contribution >= 4 is 11.8 Å². The molecular weight excluding hydrogens is 246 g/mol. The summed E-state index contributed by atoms with van der Waals surface area (Å²) < 4.78 is 11.6. The molecule has 0 aromatic heterocycles. The van der Waals surface area contributed by atoms with Crippen LogP contribution in [0.1, 0.15) is 39.0 Å². The van der Waals surface area contributed by atoms with Crippen LogP contribution in [0.4, 0.5) is 0 Å². The van der Waals surface area contributed by atoms with E-state index in [1.807, 2.05) is 11.8 Å². The van der Waals surface area contributed by atoms with Crippen molar-refractivity contribution in [3.05, 3.63) is 0 Å². The van der Waals surface area contributed by atoms with Gasteiger partial charge in [-0.2, -0.15) is 11.8 Å². The third kappa shape index (κ3) is 3.86. The van der Waals surface area contributed by atoms with Crippen molar-refractivity contribution in [1.82, 2.24) is 5.32 Å². The predicted molar refractivity (Wildman–Crippen MR) is 77.4 cm³/mol. The second-order valence-corrected chi connectivity index (χ2v) is 6.47. The molecule has 0 amide bonds. The van der Waals surface area contributed by atoms with Gasteiger partial charge in [-0.15, -0.1) is 0 Å². The Hall–Kier alpha value is 0.230. The van der Waals surface area contributed by atoms with Gasteiger partial charge in [0.25, 0.3) is 0 Å². The van der Waals surface area contributed by atoms with Crippen LogP contribution in [0.5, 0.6) is 0 Å². The van der Waals surface area contributed by atoms with Crippen LogP contribution < -0.4 is 5.32 Å². The molecule has 2 heterocycles. The molecule has 1 spiro atoms. The van der Waals surface area contributed by atoms with E-state index >= 15 is 0 Å². The Morgan fingerprint density at radius 3 is 2.78 bits per heavy atom. The summed E-state index contributed by atoms with van der Waals surface area (Å²) in [6.07, 6.45) is 7.88. The van der Waals surface area contributed by atoms with E-state index in [9.17, 15) is 0 Å². The molecule has 0 aliphatic carbocycles. The fourth-order valence-electron chi connectivity index (χ4n) is 3.08. The lowest BCUT2D eigenvalue weighted by atomic mass is 9.84. The first kappa shape index (κ1) is 14.6. The van der Waals surface area contributed by atoms with Crippen molar-refractivity contribution in [2.45, 2.75) is 56.7 Å². The SMILES string of the molecule is CCC(CSC)NC1CCOC2(CCOCC2)C1. The highest BCUT2D eigenvalue weighted by molar-refractivity contribution is 7.98. The van der Waals surface area contributed by atoms with E-state index in [4.69, 9.17) is 9.47 Å². The van der Waals surface area contributed by atoms with E-state index in [0.29, 0.717) is 12.1 Å². The smallest absolute Gasteiger partial charge is 0.0741 e. The van der Waals surface area contributed by atoms with Gasteiger partial charge in [-0.3, -0.25) is 0 Å². The highest BCUT2D eigenvalue weighted by atomic mass is 32.2. The summed E-state index contributed by atoms with van der Waals surface area (Å²) in [5, 5.41) is 3.84. The third-order valence-electron chi connectivity index (χ3n) is 4.23. The molecule has 3 nitrogen and oxygen atoms in total. The lowest BCUT2D eigenvalue weighted by Crippen LogP contribution is -2.52. The fraction of sp³-hybridized carbons (Fsp3) is 1.00. The average Bonchev–Trinajstić information content (AvgIpc) is 2.39. The molecule has 4 heteroatoms. The Kier molecular flexibility index (Phi) is 5.80. The third-order valence-corrected chi connectivity index (χ3v) is 4.96. The minimum Gasteiger partial charge on any atom is -0.381 e. The quantitative estimate of drug-likeness (QED) is 0.833. The minimum absolute atomic E-state index is 0.117. The maximum absolute atomic E-state index is 6.09. The molecule has 0 aromatic rings. The number of ether oxygens (including phenoxy) is 2. The van der Waals surface area contributed by atoms with Gasteiger partial charge in [0, 0.05) is 37.7 Å². The van der Waals surface area contributed by atoms with Gasteiger partial charge >= 0.3 is 0 Å². The zero-order chi connectivity index (χ0) is 12.8. The Morgan fingerprint density at radius 2 is 2.11 bits per heavy atom. The highest BCUT2D eigenvalue weighted by Gasteiger charge is 2.39. The van der Waals surface area contributed by atoms with E-state index in [-0.39, 0.29) is 5.60 Å². The molecule has 2 rings (SSSR count). The molecule has 2 unspecified atom stereocenters. The van der Waals surface area contributed by atoms with Crippen molar-refractivity contribution < 1.29 is 9.47 Å². The molecular formula is C14H27NO2S. The summed E-state index contributed by atoms with van der Waals surface area (Å²) in [6.45, 7) is 4.92. The van der Waals surface area contributed by atoms with Gasteiger partial charge in [0.2, 0.25) is 0 Å². The summed E-state index contributed by atoms with van der Waals surface area (Å²) in [7, 11) is 0. The van der Waals surface area contributed by atoms with Crippen molar-refractivity contribution in [2.75, 3.05) is 31.8 Å². The van der Waals surface area contributed by atoms with Crippen LogP contribution in [0.2, 0.25) is 0 Å². The van der Waals surface area contributed by atoms with Gasteiger partial charge in [-0.25, -0.2) is 0 Å². The largest absolute Gasteiger partial charge is 0.381 e. The van der Waals surface area contributed by atoms with Gasteiger partial charge in [0.05, 0.1) is 5.60 Å². The molecule has 18 heavy (non-hydrogen) atoms. The zero-order valence-corrected chi connectivity index (χ0v) is 12.6. The molecule has 2 atom stereocenters. The van der Waals surface area contributed by atoms with Crippen molar-refractivity contribution in [3.63, 3.8) is 0 Å². The Bertz CT molecular complexity index is 238. The monoisotopic (exact) mass is 273 g/mol. The average molecular weight is 273 g/mol. The number of hydrogen-bond donors (Lipinski definition) is 1. The maximum atomic E-state index is 6.09. The second kappa shape index (κ2) is 7.13. The fourth-order valence-corrected chi connectivity index (χ4v) is 3.81. The van der Waals surface area contributed by atoms with Crippen LogP contribution >= 0.6 is 11.8 Å². The van der Waals surface area contributed by atoms with Gasteiger partial charge in [0.1, 0.15) is 0 Å². The lowest BCUT2D eigenvalue weighted by Gasteiger charge is -2.44. The van der Waals surface area contributed by atoms with E-state index in [1.54, 1.807) is 0 Å². The summed E-state index contributed by atoms with van der Waals surface area (Å²) >= 11 is 1.94. The number of hydrogen-bond acceptors (Lipinski definition) is 4. The molecule has 0 radical (unpaired) electrons.